The lowest BCUT2D eigenvalue weighted by Gasteiger charge is -2.06. The Morgan fingerprint density at radius 3 is 2.60 bits per heavy atom. The third-order valence-electron chi connectivity index (χ3n) is 2.66. The number of hydrogen-bond donors (Lipinski definition) is 0. The standard InChI is InChI=1S/C14H10BrNO4/c1-9-8-10(6-7-12(9)15)20-14(17)11-4-2-3-5-13(11)16(18)19/h2-8H,1H3. The molecule has 0 amide bonds. The Labute approximate surface area is 123 Å². The number of nitro benzene ring substituents is 1. The Hall–Kier alpha value is -2.21. The first-order valence-corrected chi connectivity index (χ1v) is 6.50. The molecular formula is C14H10BrNO4. The van der Waals surface area contributed by atoms with Gasteiger partial charge in [0.15, 0.2) is 0 Å². The number of rotatable bonds is 3. The molecule has 0 bridgehead atoms. The lowest BCUT2D eigenvalue weighted by Crippen LogP contribution is -2.11. The van der Waals surface area contributed by atoms with Crippen LogP contribution in [0.1, 0.15) is 15.9 Å². The average molecular weight is 336 g/mol. The van der Waals surface area contributed by atoms with Crippen molar-refractivity contribution in [1.29, 1.82) is 0 Å². The van der Waals surface area contributed by atoms with Crippen molar-refractivity contribution in [3.63, 3.8) is 0 Å². The highest BCUT2D eigenvalue weighted by atomic mass is 79.9. The van der Waals surface area contributed by atoms with E-state index in [0.29, 0.717) is 5.75 Å². The molecule has 2 aromatic carbocycles. The zero-order valence-electron chi connectivity index (χ0n) is 10.5. The minimum Gasteiger partial charge on any atom is -0.423 e. The van der Waals surface area contributed by atoms with Gasteiger partial charge in [0.1, 0.15) is 11.3 Å². The van der Waals surface area contributed by atoms with E-state index in [1.165, 1.54) is 18.2 Å². The quantitative estimate of drug-likeness (QED) is 0.369. The lowest BCUT2D eigenvalue weighted by atomic mass is 10.2. The maximum Gasteiger partial charge on any atom is 0.350 e. The van der Waals surface area contributed by atoms with E-state index in [-0.39, 0.29) is 11.3 Å². The number of esters is 1. The molecule has 20 heavy (non-hydrogen) atoms. The molecule has 0 N–H and O–H groups in total. The molecule has 0 fully saturated rings. The maximum atomic E-state index is 12.0. The minimum absolute atomic E-state index is 0.0712. The van der Waals surface area contributed by atoms with E-state index in [1.54, 1.807) is 24.3 Å². The second-order valence-electron chi connectivity index (χ2n) is 4.07. The van der Waals surface area contributed by atoms with Gasteiger partial charge < -0.3 is 4.74 Å². The third kappa shape index (κ3) is 3.03. The van der Waals surface area contributed by atoms with Gasteiger partial charge in [-0.3, -0.25) is 10.1 Å². The first-order valence-electron chi connectivity index (χ1n) is 5.71. The summed E-state index contributed by atoms with van der Waals surface area (Å²) in [6.07, 6.45) is 0. The average Bonchev–Trinajstić information content (AvgIpc) is 2.43. The van der Waals surface area contributed by atoms with E-state index < -0.39 is 10.9 Å². The zero-order chi connectivity index (χ0) is 14.7. The minimum atomic E-state index is -0.751. The Kier molecular flexibility index (Phi) is 4.14. The van der Waals surface area contributed by atoms with Gasteiger partial charge in [-0.15, -0.1) is 0 Å². The van der Waals surface area contributed by atoms with Crippen molar-refractivity contribution in [3.05, 3.63) is 68.2 Å². The van der Waals surface area contributed by atoms with Crippen molar-refractivity contribution in [2.45, 2.75) is 6.92 Å². The van der Waals surface area contributed by atoms with Crippen LogP contribution in [-0.2, 0) is 0 Å². The molecule has 102 valence electrons. The van der Waals surface area contributed by atoms with Gasteiger partial charge in [0, 0.05) is 10.5 Å². The monoisotopic (exact) mass is 335 g/mol. The van der Waals surface area contributed by atoms with Crippen molar-refractivity contribution in [2.24, 2.45) is 0 Å². The molecule has 0 unspecified atom stereocenters. The van der Waals surface area contributed by atoms with Crippen LogP contribution in [0.3, 0.4) is 0 Å². The number of benzene rings is 2. The molecule has 0 saturated heterocycles. The molecule has 5 nitrogen and oxygen atoms in total. The summed E-state index contributed by atoms with van der Waals surface area (Å²) >= 11 is 3.34. The van der Waals surface area contributed by atoms with Gasteiger partial charge in [0.25, 0.3) is 5.69 Å². The number of para-hydroxylation sites is 1. The van der Waals surface area contributed by atoms with Gasteiger partial charge in [-0.25, -0.2) is 4.79 Å². The largest absolute Gasteiger partial charge is 0.423 e. The lowest BCUT2D eigenvalue weighted by molar-refractivity contribution is -0.385. The van der Waals surface area contributed by atoms with Crippen LogP contribution in [0.15, 0.2) is 46.9 Å². The molecule has 0 saturated carbocycles. The van der Waals surface area contributed by atoms with Gasteiger partial charge in [0.05, 0.1) is 4.92 Å². The van der Waals surface area contributed by atoms with E-state index in [4.69, 9.17) is 4.74 Å². The van der Waals surface area contributed by atoms with Crippen molar-refractivity contribution >= 4 is 27.6 Å². The van der Waals surface area contributed by atoms with Crippen LogP contribution >= 0.6 is 15.9 Å². The van der Waals surface area contributed by atoms with Gasteiger partial charge in [0.2, 0.25) is 0 Å². The Bertz CT molecular complexity index is 685. The summed E-state index contributed by atoms with van der Waals surface area (Å²) in [5.41, 5.74) is 0.558. The molecule has 0 aliphatic rings. The summed E-state index contributed by atoms with van der Waals surface area (Å²) in [6, 6.07) is 10.7. The van der Waals surface area contributed by atoms with Crippen LogP contribution in [0.4, 0.5) is 5.69 Å². The number of aryl methyl sites for hydroxylation is 1. The number of nitro groups is 1. The van der Waals surface area contributed by atoms with Crippen molar-refractivity contribution in [1.82, 2.24) is 0 Å². The number of halogens is 1. The zero-order valence-corrected chi connectivity index (χ0v) is 12.1. The van der Waals surface area contributed by atoms with Crippen molar-refractivity contribution in [3.8, 4) is 5.75 Å². The summed E-state index contributed by atoms with van der Waals surface area (Å²) in [5, 5.41) is 10.9. The summed E-state index contributed by atoms with van der Waals surface area (Å²) in [7, 11) is 0. The predicted octanol–water partition coefficient (Wildman–Crippen LogP) is 3.88. The highest BCUT2D eigenvalue weighted by molar-refractivity contribution is 9.10. The molecule has 0 spiro atoms. The summed E-state index contributed by atoms with van der Waals surface area (Å²) in [6.45, 7) is 1.85. The molecule has 6 heteroatoms. The van der Waals surface area contributed by atoms with Crippen LogP contribution in [0, 0.1) is 17.0 Å². The fourth-order valence-electron chi connectivity index (χ4n) is 1.65. The highest BCUT2D eigenvalue weighted by Gasteiger charge is 2.21. The molecule has 2 rings (SSSR count). The number of ether oxygens (including phenoxy) is 1. The van der Waals surface area contributed by atoms with Crippen molar-refractivity contribution in [2.75, 3.05) is 0 Å². The van der Waals surface area contributed by atoms with E-state index in [2.05, 4.69) is 15.9 Å². The summed E-state index contributed by atoms with van der Waals surface area (Å²) in [4.78, 5) is 22.3. The molecule has 2 aromatic rings. The normalized spacial score (nSPS) is 10.1. The SMILES string of the molecule is Cc1cc(OC(=O)c2ccccc2[N+](=O)[O-])ccc1Br. The van der Waals surface area contributed by atoms with E-state index in [1.807, 2.05) is 6.92 Å². The van der Waals surface area contributed by atoms with Crippen molar-refractivity contribution < 1.29 is 14.5 Å². The van der Waals surface area contributed by atoms with E-state index >= 15 is 0 Å². The van der Waals surface area contributed by atoms with Crippen LogP contribution in [0.2, 0.25) is 0 Å². The molecule has 0 radical (unpaired) electrons. The van der Waals surface area contributed by atoms with E-state index in [9.17, 15) is 14.9 Å². The smallest absolute Gasteiger partial charge is 0.350 e. The van der Waals surface area contributed by atoms with Crippen LogP contribution in [0.5, 0.6) is 5.75 Å². The highest BCUT2D eigenvalue weighted by Crippen LogP contribution is 2.24. The van der Waals surface area contributed by atoms with Crippen LogP contribution in [0.25, 0.3) is 0 Å². The van der Waals surface area contributed by atoms with Gasteiger partial charge in [-0.05, 0) is 36.8 Å². The third-order valence-corrected chi connectivity index (χ3v) is 3.55. The first kappa shape index (κ1) is 14.2. The van der Waals surface area contributed by atoms with E-state index in [0.717, 1.165) is 10.0 Å². The van der Waals surface area contributed by atoms with Crippen LogP contribution in [-0.4, -0.2) is 10.9 Å². The first-order chi connectivity index (χ1) is 9.49. The molecular weight excluding hydrogens is 326 g/mol. The number of hydrogen-bond acceptors (Lipinski definition) is 4. The fourth-order valence-corrected chi connectivity index (χ4v) is 1.89. The Morgan fingerprint density at radius 2 is 1.95 bits per heavy atom. The van der Waals surface area contributed by atoms with Gasteiger partial charge in [-0.2, -0.15) is 0 Å². The summed E-state index contributed by atoms with van der Waals surface area (Å²) < 4.78 is 6.05. The Morgan fingerprint density at radius 1 is 1.25 bits per heavy atom. The molecule has 0 aromatic heterocycles. The molecule has 0 aliphatic heterocycles. The second kappa shape index (κ2) is 5.83. The number of carbonyl (C=O) groups excluding carboxylic acids is 1. The number of nitrogens with zero attached hydrogens (tertiary/aromatic N) is 1. The maximum absolute atomic E-state index is 12.0. The molecule has 0 atom stereocenters. The fraction of sp³-hybridized carbons (Fsp3) is 0.0714. The Balaban J connectivity index is 2.28. The van der Waals surface area contributed by atoms with Gasteiger partial charge in [-0.1, -0.05) is 28.1 Å². The topological polar surface area (TPSA) is 69.4 Å². The number of carbonyl (C=O) groups is 1. The predicted molar refractivity (Wildman–Crippen MR) is 76.9 cm³/mol. The van der Waals surface area contributed by atoms with Crippen LogP contribution < -0.4 is 4.74 Å². The summed E-state index contributed by atoms with van der Waals surface area (Å²) in [5.74, 6) is -0.409. The van der Waals surface area contributed by atoms with Gasteiger partial charge >= 0.3 is 5.97 Å². The molecule has 0 aliphatic carbocycles. The molecule has 0 heterocycles. The second-order valence-corrected chi connectivity index (χ2v) is 4.93.